The van der Waals surface area contributed by atoms with Crippen LogP contribution in [-0.2, 0) is 14.6 Å². The maximum absolute atomic E-state index is 11.7. The van der Waals surface area contributed by atoms with Crippen LogP contribution in [0.2, 0.25) is 0 Å². The highest BCUT2D eigenvalue weighted by atomic mass is 32.2. The minimum absolute atomic E-state index is 0.0337. The Morgan fingerprint density at radius 1 is 1.30 bits per heavy atom. The normalized spacial score (nSPS) is 11.1. The number of nitrogens with zero attached hydrogens (tertiary/aromatic N) is 1. The number of sulfone groups is 1. The van der Waals surface area contributed by atoms with E-state index in [-0.39, 0.29) is 31.2 Å². The molecule has 0 unspecified atom stereocenters. The summed E-state index contributed by atoms with van der Waals surface area (Å²) < 4.78 is 27.4. The second kappa shape index (κ2) is 7.14. The van der Waals surface area contributed by atoms with E-state index in [0.717, 1.165) is 6.26 Å². The summed E-state index contributed by atoms with van der Waals surface area (Å²) in [6.45, 7) is 0.436. The number of amides is 1. The summed E-state index contributed by atoms with van der Waals surface area (Å²) in [5.74, 6) is 0.462. The molecule has 20 heavy (non-hydrogen) atoms. The Morgan fingerprint density at radius 3 is 2.45 bits per heavy atom. The number of hydrogen-bond donors (Lipinski definition) is 1. The molecule has 1 amide bonds. The first-order valence-corrected chi connectivity index (χ1v) is 8.24. The van der Waals surface area contributed by atoms with Crippen molar-refractivity contribution in [1.82, 2.24) is 4.90 Å². The molecule has 0 radical (unpaired) electrons. The van der Waals surface area contributed by atoms with Crippen LogP contribution in [0.15, 0.2) is 24.3 Å². The SMILES string of the molecule is CN(CCS(C)(=O)=O)C(=O)CCOc1ccc(N)cc1. The summed E-state index contributed by atoms with van der Waals surface area (Å²) >= 11 is 0. The Bertz CT molecular complexity index is 540. The van der Waals surface area contributed by atoms with Gasteiger partial charge in [-0.1, -0.05) is 0 Å². The van der Waals surface area contributed by atoms with Crippen LogP contribution in [0, 0.1) is 0 Å². The molecule has 0 heterocycles. The van der Waals surface area contributed by atoms with Gasteiger partial charge in [0.1, 0.15) is 15.6 Å². The molecule has 0 aliphatic carbocycles. The molecular formula is C13H20N2O4S. The Labute approximate surface area is 119 Å². The van der Waals surface area contributed by atoms with Gasteiger partial charge in [-0.25, -0.2) is 8.42 Å². The van der Waals surface area contributed by atoms with Crippen LogP contribution in [0.25, 0.3) is 0 Å². The fraction of sp³-hybridized carbons (Fsp3) is 0.462. The molecule has 0 atom stereocenters. The Balaban J connectivity index is 2.30. The Morgan fingerprint density at radius 2 is 1.90 bits per heavy atom. The van der Waals surface area contributed by atoms with Gasteiger partial charge >= 0.3 is 0 Å². The summed E-state index contributed by atoms with van der Waals surface area (Å²) in [5.41, 5.74) is 6.19. The van der Waals surface area contributed by atoms with Crippen molar-refractivity contribution in [2.24, 2.45) is 0 Å². The number of nitrogens with two attached hydrogens (primary N) is 1. The molecule has 0 saturated heterocycles. The standard InChI is InChI=1S/C13H20N2O4S/c1-15(8-10-20(2,17)18)13(16)7-9-19-12-5-3-11(14)4-6-12/h3-6H,7-10,14H2,1-2H3. The summed E-state index contributed by atoms with van der Waals surface area (Å²) in [6, 6.07) is 6.89. The highest BCUT2D eigenvalue weighted by Crippen LogP contribution is 2.13. The minimum atomic E-state index is -3.06. The minimum Gasteiger partial charge on any atom is -0.493 e. The van der Waals surface area contributed by atoms with E-state index in [1.807, 2.05) is 0 Å². The van der Waals surface area contributed by atoms with E-state index in [1.165, 1.54) is 4.90 Å². The second-order valence-electron chi connectivity index (χ2n) is 4.61. The number of carbonyl (C=O) groups excluding carboxylic acids is 1. The van der Waals surface area contributed by atoms with Crippen molar-refractivity contribution in [2.45, 2.75) is 6.42 Å². The third kappa shape index (κ3) is 6.42. The lowest BCUT2D eigenvalue weighted by Gasteiger charge is -2.16. The predicted molar refractivity (Wildman–Crippen MR) is 78.3 cm³/mol. The average Bonchev–Trinajstić information content (AvgIpc) is 2.37. The van der Waals surface area contributed by atoms with E-state index in [4.69, 9.17) is 10.5 Å². The van der Waals surface area contributed by atoms with Crippen LogP contribution in [0.5, 0.6) is 5.75 Å². The number of hydrogen-bond acceptors (Lipinski definition) is 5. The zero-order valence-electron chi connectivity index (χ0n) is 11.7. The van der Waals surface area contributed by atoms with E-state index in [0.29, 0.717) is 11.4 Å². The van der Waals surface area contributed by atoms with Gasteiger partial charge < -0.3 is 15.4 Å². The van der Waals surface area contributed by atoms with Crippen molar-refractivity contribution in [2.75, 3.05) is 37.9 Å². The van der Waals surface area contributed by atoms with Crippen molar-refractivity contribution in [3.8, 4) is 5.75 Å². The van der Waals surface area contributed by atoms with Gasteiger partial charge in [-0.05, 0) is 24.3 Å². The van der Waals surface area contributed by atoms with Crippen LogP contribution in [0.4, 0.5) is 5.69 Å². The van der Waals surface area contributed by atoms with Crippen LogP contribution in [-0.4, -0.2) is 51.4 Å². The van der Waals surface area contributed by atoms with Gasteiger partial charge in [0.25, 0.3) is 0 Å². The van der Waals surface area contributed by atoms with Crippen LogP contribution in [0.1, 0.15) is 6.42 Å². The lowest BCUT2D eigenvalue weighted by atomic mass is 10.3. The molecule has 0 aromatic heterocycles. The van der Waals surface area contributed by atoms with E-state index in [1.54, 1.807) is 31.3 Å². The van der Waals surface area contributed by atoms with Gasteiger partial charge in [0.2, 0.25) is 5.91 Å². The fourth-order valence-electron chi connectivity index (χ4n) is 1.44. The van der Waals surface area contributed by atoms with Gasteiger partial charge in [0.05, 0.1) is 18.8 Å². The lowest BCUT2D eigenvalue weighted by Crippen LogP contribution is -2.32. The molecule has 2 N–H and O–H groups in total. The molecule has 1 aromatic carbocycles. The summed E-state index contributed by atoms with van der Waals surface area (Å²) in [4.78, 5) is 13.1. The number of carbonyl (C=O) groups is 1. The fourth-order valence-corrected chi connectivity index (χ4v) is 2.04. The maximum Gasteiger partial charge on any atom is 0.225 e. The first-order valence-electron chi connectivity index (χ1n) is 6.18. The third-order valence-corrected chi connectivity index (χ3v) is 3.61. The monoisotopic (exact) mass is 300 g/mol. The van der Waals surface area contributed by atoms with Gasteiger partial charge in [-0.3, -0.25) is 4.79 Å². The summed E-state index contributed by atoms with van der Waals surface area (Å²) in [6.07, 6.45) is 1.35. The predicted octanol–water partition coefficient (Wildman–Crippen LogP) is 0.541. The van der Waals surface area contributed by atoms with Crippen molar-refractivity contribution >= 4 is 21.4 Å². The van der Waals surface area contributed by atoms with Crippen LogP contribution in [0.3, 0.4) is 0 Å². The topological polar surface area (TPSA) is 89.7 Å². The van der Waals surface area contributed by atoms with Crippen LogP contribution < -0.4 is 10.5 Å². The molecule has 6 nitrogen and oxygen atoms in total. The van der Waals surface area contributed by atoms with E-state index in [2.05, 4.69) is 0 Å². The van der Waals surface area contributed by atoms with Gasteiger partial charge in [-0.15, -0.1) is 0 Å². The zero-order chi connectivity index (χ0) is 15.2. The summed E-state index contributed by atoms with van der Waals surface area (Å²) in [7, 11) is -1.48. The molecule has 0 bridgehead atoms. The number of nitrogen functional groups attached to an aromatic ring is 1. The quantitative estimate of drug-likeness (QED) is 0.742. The first-order chi connectivity index (χ1) is 9.28. The van der Waals surface area contributed by atoms with Crippen LogP contribution >= 0.6 is 0 Å². The molecule has 1 rings (SSSR count). The molecular weight excluding hydrogens is 280 g/mol. The Hall–Kier alpha value is -1.76. The molecule has 1 aromatic rings. The average molecular weight is 300 g/mol. The van der Waals surface area contributed by atoms with Gasteiger partial charge in [-0.2, -0.15) is 0 Å². The van der Waals surface area contributed by atoms with Gasteiger partial charge in [0, 0.05) is 25.5 Å². The largest absolute Gasteiger partial charge is 0.493 e. The molecule has 0 saturated carbocycles. The molecule has 0 spiro atoms. The van der Waals surface area contributed by atoms with E-state index >= 15 is 0 Å². The second-order valence-corrected chi connectivity index (χ2v) is 6.87. The molecule has 0 fully saturated rings. The Kier molecular flexibility index (Phi) is 5.82. The molecule has 0 aliphatic heterocycles. The zero-order valence-corrected chi connectivity index (χ0v) is 12.5. The molecule has 7 heteroatoms. The number of benzene rings is 1. The number of ether oxygens (including phenoxy) is 1. The van der Waals surface area contributed by atoms with Gasteiger partial charge in [0.15, 0.2) is 0 Å². The highest BCUT2D eigenvalue weighted by Gasteiger charge is 2.11. The highest BCUT2D eigenvalue weighted by molar-refractivity contribution is 7.90. The lowest BCUT2D eigenvalue weighted by molar-refractivity contribution is -0.130. The van der Waals surface area contributed by atoms with Crippen molar-refractivity contribution < 1.29 is 17.9 Å². The van der Waals surface area contributed by atoms with Crippen molar-refractivity contribution in [3.05, 3.63) is 24.3 Å². The third-order valence-electron chi connectivity index (χ3n) is 2.69. The molecule has 112 valence electrons. The summed E-state index contributed by atoms with van der Waals surface area (Å²) in [5, 5.41) is 0. The van der Waals surface area contributed by atoms with E-state index < -0.39 is 9.84 Å². The maximum atomic E-state index is 11.7. The van der Waals surface area contributed by atoms with Crippen molar-refractivity contribution in [3.63, 3.8) is 0 Å². The number of anilines is 1. The molecule has 0 aliphatic rings. The van der Waals surface area contributed by atoms with E-state index in [9.17, 15) is 13.2 Å². The smallest absolute Gasteiger partial charge is 0.225 e. The van der Waals surface area contributed by atoms with Crippen molar-refractivity contribution in [1.29, 1.82) is 0 Å². The first kappa shape index (κ1) is 16.3. The number of rotatable bonds is 7.